The molecule has 0 spiro atoms. The Labute approximate surface area is 184 Å². The van der Waals surface area contributed by atoms with Gasteiger partial charge in [-0.1, -0.05) is 47.5 Å². The van der Waals surface area contributed by atoms with Crippen molar-refractivity contribution in [1.82, 2.24) is 4.98 Å². The molecule has 3 aromatic rings. The number of hydrogen-bond donors (Lipinski definition) is 2. The van der Waals surface area contributed by atoms with Gasteiger partial charge >= 0.3 is 5.97 Å². The molecule has 0 bridgehead atoms. The molecular formula is C22H19Cl2N3O3. The molecule has 30 heavy (non-hydrogen) atoms. The summed E-state index contributed by atoms with van der Waals surface area (Å²) in [5.74, 6) is -1.06. The van der Waals surface area contributed by atoms with E-state index in [0.29, 0.717) is 16.3 Å². The molecule has 0 radical (unpaired) electrons. The number of nitrogens with one attached hydrogen (secondary N) is 2. The van der Waals surface area contributed by atoms with Crippen LogP contribution < -0.4 is 10.6 Å². The standard InChI is InChI=1S/C22H19Cl2N3O3/c1-13-6-5-9-18(14(13)2)26-19-8-4-3-7-16(19)22(29)30-12-20(28)27-21-17(24)10-15(23)11-25-21/h3-11,26H,12H2,1-2H3,(H,25,27,28). The van der Waals surface area contributed by atoms with Crippen molar-refractivity contribution in [3.05, 3.63) is 81.5 Å². The lowest BCUT2D eigenvalue weighted by molar-refractivity contribution is -0.119. The van der Waals surface area contributed by atoms with Gasteiger partial charge in [-0.25, -0.2) is 9.78 Å². The summed E-state index contributed by atoms with van der Waals surface area (Å²) in [6.07, 6.45) is 1.35. The molecule has 1 aromatic heterocycles. The Bertz CT molecular complexity index is 1100. The molecule has 0 atom stereocenters. The number of pyridine rings is 1. The van der Waals surface area contributed by atoms with E-state index in [4.69, 9.17) is 27.9 Å². The van der Waals surface area contributed by atoms with E-state index >= 15 is 0 Å². The fourth-order valence-corrected chi connectivity index (χ4v) is 3.11. The maximum Gasteiger partial charge on any atom is 0.340 e. The van der Waals surface area contributed by atoms with Crippen molar-refractivity contribution in [3.8, 4) is 0 Å². The third kappa shape index (κ3) is 5.28. The number of amides is 1. The topological polar surface area (TPSA) is 80.3 Å². The number of para-hydroxylation sites is 1. The number of rotatable bonds is 6. The summed E-state index contributed by atoms with van der Waals surface area (Å²) in [7, 11) is 0. The number of nitrogens with zero attached hydrogens (tertiary/aromatic N) is 1. The minimum absolute atomic E-state index is 0.138. The fraction of sp³-hybridized carbons (Fsp3) is 0.136. The van der Waals surface area contributed by atoms with Gasteiger partial charge < -0.3 is 15.4 Å². The van der Waals surface area contributed by atoms with E-state index in [1.54, 1.807) is 18.2 Å². The van der Waals surface area contributed by atoms with Gasteiger partial charge in [-0.2, -0.15) is 0 Å². The van der Waals surface area contributed by atoms with Crippen molar-refractivity contribution < 1.29 is 14.3 Å². The smallest absolute Gasteiger partial charge is 0.340 e. The molecule has 0 saturated carbocycles. The molecule has 0 unspecified atom stereocenters. The predicted molar refractivity (Wildman–Crippen MR) is 119 cm³/mol. The van der Waals surface area contributed by atoms with Crippen LogP contribution in [0, 0.1) is 13.8 Å². The summed E-state index contributed by atoms with van der Waals surface area (Å²) < 4.78 is 5.17. The van der Waals surface area contributed by atoms with Crippen molar-refractivity contribution in [1.29, 1.82) is 0 Å². The summed E-state index contributed by atoms with van der Waals surface area (Å²) in [4.78, 5) is 28.6. The van der Waals surface area contributed by atoms with Gasteiger partial charge in [0.1, 0.15) is 0 Å². The van der Waals surface area contributed by atoms with Crippen molar-refractivity contribution in [2.45, 2.75) is 13.8 Å². The molecule has 3 rings (SSSR count). The molecule has 0 aliphatic rings. The molecule has 0 fully saturated rings. The molecule has 1 amide bonds. The van der Waals surface area contributed by atoms with Crippen molar-refractivity contribution >= 4 is 52.3 Å². The summed E-state index contributed by atoms with van der Waals surface area (Å²) in [5, 5.41) is 6.27. The lowest BCUT2D eigenvalue weighted by Crippen LogP contribution is -2.22. The summed E-state index contributed by atoms with van der Waals surface area (Å²) >= 11 is 11.8. The Morgan fingerprint density at radius 1 is 1.03 bits per heavy atom. The first kappa shape index (κ1) is 21.6. The second-order valence-corrected chi connectivity index (χ2v) is 7.37. The molecule has 1 heterocycles. The largest absolute Gasteiger partial charge is 0.452 e. The van der Waals surface area contributed by atoms with Gasteiger partial charge in [0, 0.05) is 11.9 Å². The Hall–Kier alpha value is -3.09. The number of aromatic nitrogens is 1. The lowest BCUT2D eigenvalue weighted by Gasteiger charge is -2.14. The van der Waals surface area contributed by atoms with E-state index in [0.717, 1.165) is 16.8 Å². The number of esters is 1. The van der Waals surface area contributed by atoms with Crippen molar-refractivity contribution in [2.24, 2.45) is 0 Å². The molecule has 8 heteroatoms. The summed E-state index contributed by atoms with van der Waals surface area (Å²) in [6, 6.07) is 14.3. The van der Waals surface area contributed by atoms with Gasteiger partial charge in [0.15, 0.2) is 12.4 Å². The van der Waals surface area contributed by atoms with E-state index in [1.807, 2.05) is 38.1 Å². The molecule has 0 aliphatic heterocycles. The molecule has 2 aromatic carbocycles. The zero-order valence-electron chi connectivity index (χ0n) is 16.3. The lowest BCUT2D eigenvalue weighted by atomic mass is 10.1. The average Bonchev–Trinajstić information content (AvgIpc) is 2.72. The third-order valence-electron chi connectivity index (χ3n) is 4.42. The number of anilines is 3. The number of aryl methyl sites for hydroxylation is 1. The number of carbonyl (C=O) groups excluding carboxylic acids is 2. The van der Waals surface area contributed by atoms with Gasteiger partial charge in [0.05, 0.1) is 21.3 Å². The minimum Gasteiger partial charge on any atom is -0.452 e. The highest BCUT2D eigenvalue weighted by Gasteiger charge is 2.16. The van der Waals surface area contributed by atoms with E-state index in [-0.39, 0.29) is 10.8 Å². The predicted octanol–water partition coefficient (Wildman–Crippen LogP) is 5.54. The van der Waals surface area contributed by atoms with Crippen LogP contribution in [0.1, 0.15) is 21.5 Å². The van der Waals surface area contributed by atoms with Crippen LogP contribution in [0.5, 0.6) is 0 Å². The first-order valence-corrected chi connectivity index (χ1v) is 9.81. The maximum absolute atomic E-state index is 12.6. The number of carbonyl (C=O) groups is 2. The number of halogens is 2. The van der Waals surface area contributed by atoms with Gasteiger partial charge in [-0.3, -0.25) is 4.79 Å². The average molecular weight is 444 g/mol. The fourth-order valence-electron chi connectivity index (χ4n) is 2.69. The first-order chi connectivity index (χ1) is 14.3. The van der Waals surface area contributed by atoms with Crippen LogP contribution in [-0.4, -0.2) is 23.5 Å². The molecule has 6 nitrogen and oxygen atoms in total. The van der Waals surface area contributed by atoms with E-state index in [9.17, 15) is 9.59 Å². The second kappa shape index (κ2) is 9.61. The zero-order chi connectivity index (χ0) is 21.7. The molecule has 154 valence electrons. The number of ether oxygens (including phenoxy) is 1. The Morgan fingerprint density at radius 3 is 2.53 bits per heavy atom. The van der Waals surface area contributed by atoms with Crippen molar-refractivity contribution in [3.63, 3.8) is 0 Å². The second-order valence-electron chi connectivity index (χ2n) is 6.53. The summed E-state index contributed by atoms with van der Waals surface area (Å²) in [6.45, 7) is 3.53. The van der Waals surface area contributed by atoms with Crippen LogP contribution in [0.2, 0.25) is 10.0 Å². The van der Waals surface area contributed by atoms with E-state index < -0.39 is 18.5 Å². The maximum atomic E-state index is 12.6. The van der Waals surface area contributed by atoms with Crippen LogP contribution in [0.15, 0.2) is 54.7 Å². The number of benzene rings is 2. The first-order valence-electron chi connectivity index (χ1n) is 9.05. The zero-order valence-corrected chi connectivity index (χ0v) is 17.8. The van der Waals surface area contributed by atoms with Gasteiger partial charge in [0.25, 0.3) is 5.91 Å². The van der Waals surface area contributed by atoms with Gasteiger partial charge in [-0.15, -0.1) is 0 Å². The minimum atomic E-state index is -0.631. The normalized spacial score (nSPS) is 10.4. The molecule has 0 saturated heterocycles. The van der Waals surface area contributed by atoms with Crippen LogP contribution in [0.4, 0.5) is 17.2 Å². The quantitative estimate of drug-likeness (QED) is 0.488. The highest BCUT2D eigenvalue weighted by Crippen LogP contribution is 2.26. The van der Waals surface area contributed by atoms with Gasteiger partial charge in [-0.05, 0) is 49.2 Å². The highest BCUT2D eigenvalue weighted by molar-refractivity contribution is 6.36. The van der Waals surface area contributed by atoms with Gasteiger partial charge in [0.2, 0.25) is 0 Å². The van der Waals surface area contributed by atoms with Crippen molar-refractivity contribution in [2.75, 3.05) is 17.2 Å². The Balaban J connectivity index is 1.67. The molecule has 2 N–H and O–H groups in total. The van der Waals surface area contributed by atoms with E-state index in [1.165, 1.54) is 12.3 Å². The monoisotopic (exact) mass is 443 g/mol. The van der Waals surface area contributed by atoms with Crippen LogP contribution >= 0.6 is 23.2 Å². The van der Waals surface area contributed by atoms with Crippen LogP contribution in [0.25, 0.3) is 0 Å². The van der Waals surface area contributed by atoms with Crippen LogP contribution in [-0.2, 0) is 9.53 Å². The SMILES string of the molecule is Cc1cccc(Nc2ccccc2C(=O)OCC(=O)Nc2ncc(Cl)cc2Cl)c1C. The van der Waals surface area contributed by atoms with E-state index in [2.05, 4.69) is 15.6 Å². The third-order valence-corrected chi connectivity index (χ3v) is 4.92. The highest BCUT2D eigenvalue weighted by atomic mass is 35.5. The number of hydrogen-bond acceptors (Lipinski definition) is 5. The Morgan fingerprint density at radius 2 is 1.77 bits per heavy atom. The molecular weight excluding hydrogens is 425 g/mol. The summed E-state index contributed by atoms with van der Waals surface area (Å²) in [5.41, 5.74) is 3.99. The molecule has 0 aliphatic carbocycles. The Kier molecular flexibility index (Phi) is 6.92. The van der Waals surface area contributed by atoms with Crippen LogP contribution in [0.3, 0.4) is 0 Å².